The third-order valence-corrected chi connectivity index (χ3v) is 8.54. The van der Waals surface area contributed by atoms with E-state index in [0.717, 1.165) is 11.8 Å². The standard InChI is InChI=1S/C29H34Cl2N6O5/c1-6-22(38)33-17-7-10-42-14-19(17)35-28-32-13-16-11-18(23-24(30)20(39-3)12-21(40-4)25(23)31)34-27(26(16)36-28)37-9-8-29(2,15-37)41-5/h6,11-13,17,19H,1,7-10,14-15H2,2-5H3,(H,33,38)(H,32,35,36)/t17-,19+,29?/m0/s1. The molecule has 2 aliphatic heterocycles. The minimum atomic E-state index is -0.345. The number of ether oxygens (including phenoxy) is 4. The largest absolute Gasteiger partial charge is 0.495 e. The van der Waals surface area contributed by atoms with Crippen LogP contribution in [0.2, 0.25) is 10.0 Å². The number of carbonyl (C=O) groups is 1. The van der Waals surface area contributed by atoms with Crippen molar-refractivity contribution >= 4 is 51.8 Å². The highest BCUT2D eigenvalue weighted by molar-refractivity contribution is 6.41. The van der Waals surface area contributed by atoms with Gasteiger partial charge in [-0.2, -0.15) is 0 Å². The molecule has 1 amide bonds. The molecular formula is C29H34Cl2N6O5. The second-order valence-corrected chi connectivity index (χ2v) is 11.3. The number of anilines is 2. The van der Waals surface area contributed by atoms with Crippen LogP contribution < -0.4 is 25.0 Å². The molecule has 224 valence electrons. The Morgan fingerprint density at radius 3 is 2.55 bits per heavy atom. The van der Waals surface area contributed by atoms with Gasteiger partial charge in [-0.25, -0.2) is 15.0 Å². The maximum atomic E-state index is 12.0. The molecule has 1 unspecified atom stereocenters. The molecule has 0 saturated carbocycles. The molecule has 2 aromatic heterocycles. The lowest BCUT2D eigenvalue weighted by Crippen LogP contribution is -2.52. The van der Waals surface area contributed by atoms with Gasteiger partial charge in [-0.15, -0.1) is 0 Å². The molecule has 5 rings (SSSR count). The van der Waals surface area contributed by atoms with Crippen molar-refractivity contribution in [3.63, 3.8) is 0 Å². The Hall–Kier alpha value is -3.38. The fourth-order valence-corrected chi connectivity index (χ4v) is 5.99. The number of carbonyl (C=O) groups excluding carboxylic acids is 1. The van der Waals surface area contributed by atoms with Gasteiger partial charge in [-0.3, -0.25) is 4.79 Å². The van der Waals surface area contributed by atoms with E-state index in [1.54, 1.807) is 19.4 Å². The summed E-state index contributed by atoms with van der Waals surface area (Å²) in [6.45, 7) is 7.87. The van der Waals surface area contributed by atoms with Crippen LogP contribution in [0.25, 0.3) is 22.2 Å². The van der Waals surface area contributed by atoms with Crippen LogP contribution in [0, 0.1) is 0 Å². The molecule has 42 heavy (non-hydrogen) atoms. The Morgan fingerprint density at radius 1 is 1.17 bits per heavy atom. The Morgan fingerprint density at radius 2 is 1.90 bits per heavy atom. The van der Waals surface area contributed by atoms with Crippen LogP contribution in [-0.4, -0.2) is 86.2 Å². The van der Waals surface area contributed by atoms with Gasteiger partial charge < -0.3 is 34.5 Å². The zero-order chi connectivity index (χ0) is 30.0. The lowest BCUT2D eigenvalue weighted by atomic mass is 10.0. The molecule has 0 aliphatic carbocycles. The predicted octanol–water partition coefficient (Wildman–Crippen LogP) is 4.50. The molecule has 3 atom stereocenters. The molecule has 0 radical (unpaired) electrons. The summed E-state index contributed by atoms with van der Waals surface area (Å²) in [5, 5.41) is 7.68. The minimum Gasteiger partial charge on any atom is -0.495 e. The maximum absolute atomic E-state index is 12.0. The van der Waals surface area contributed by atoms with Crippen molar-refractivity contribution in [3.05, 3.63) is 41.0 Å². The van der Waals surface area contributed by atoms with E-state index >= 15 is 0 Å². The van der Waals surface area contributed by atoms with Crippen LogP contribution in [0.15, 0.2) is 31.0 Å². The molecule has 0 spiro atoms. The Kier molecular flexibility index (Phi) is 8.93. The van der Waals surface area contributed by atoms with Crippen molar-refractivity contribution in [1.29, 1.82) is 0 Å². The molecule has 13 heteroatoms. The molecule has 2 aliphatic rings. The van der Waals surface area contributed by atoms with Crippen LogP contribution in [0.3, 0.4) is 0 Å². The predicted molar refractivity (Wildman–Crippen MR) is 163 cm³/mol. The number of nitrogens with one attached hydrogen (secondary N) is 2. The van der Waals surface area contributed by atoms with Gasteiger partial charge in [0.25, 0.3) is 0 Å². The summed E-state index contributed by atoms with van der Waals surface area (Å²) in [6, 6.07) is 3.08. The molecule has 0 bridgehead atoms. The number of nitrogens with zero attached hydrogens (tertiary/aromatic N) is 4. The summed E-state index contributed by atoms with van der Waals surface area (Å²) < 4.78 is 22.5. The van der Waals surface area contributed by atoms with Gasteiger partial charge in [0.05, 0.1) is 54.3 Å². The van der Waals surface area contributed by atoms with Gasteiger partial charge in [0.15, 0.2) is 5.82 Å². The SMILES string of the molecule is C=CC(=O)N[C@H]1CCOC[C@H]1Nc1ncc2cc(-c3c(Cl)c(OC)cc(OC)c3Cl)nc(N3CCC(C)(OC)C3)c2n1. The monoisotopic (exact) mass is 616 g/mol. The van der Waals surface area contributed by atoms with E-state index in [0.29, 0.717) is 82.8 Å². The number of hydrogen-bond acceptors (Lipinski definition) is 10. The zero-order valence-corrected chi connectivity index (χ0v) is 25.5. The summed E-state index contributed by atoms with van der Waals surface area (Å²) in [5.41, 5.74) is 1.30. The average molecular weight is 618 g/mol. The highest BCUT2D eigenvalue weighted by atomic mass is 35.5. The van der Waals surface area contributed by atoms with E-state index in [-0.39, 0.29) is 23.6 Å². The van der Waals surface area contributed by atoms with Crippen molar-refractivity contribution < 1.29 is 23.7 Å². The van der Waals surface area contributed by atoms with E-state index in [1.807, 2.05) is 6.07 Å². The molecule has 2 fully saturated rings. The maximum Gasteiger partial charge on any atom is 0.243 e. The van der Waals surface area contributed by atoms with Gasteiger partial charge >= 0.3 is 0 Å². The van der Waals surface area contributed by atoms with Gasteiger partial charge in [0, 0.05) is 50.0 Å². The molecule has 1 aromatic carbocycles. The fraction of sp³-hybridized carbons (Fsp3) is 0.448. The van der Waals surface area contributed by atoms with E-state index in [9.17, 15) is 4.79 Å². The summed E-state index contributed by atoms with van der Waals surface area (Å²) >= 11 is 13.5. The normalized spacial score (nSPS) is 22.2. The zero-order valence-electron chi connectivity index (χ0n) is 24.0. The first-order chi connectivity index (χ1) is 20.2. The van der Waals surface area contributed by atoms with Crippen LogP contribution in [0.4, 0.5) is 11.8 Å². The van der Waals surface area contributed by atoms with Crippen molar-refractivity contribution in [2.75, 3.05) is 57.8 Å². The minimum absolute atomic E-state index is 0.170. The summed E-state index contributed by atoms with van der Waals surface area (Å²) in [6.07, 6.45) is 4.45. The molecule has 4 heterocycles. The van der Waals surface area contributed by atoms with Gasteiger partial charge in [0.2, 0.25) is 11.9 Å². The van der Waals surface area contributed by atoms with Crippen molar-refractivity contribution in [3.8, 4) is 22.8 Å². The number of rotatable bonds is 9. The lowest BCUT2D eigenvalue weighted by Gasteiger charge is -2.32. The molecule has 11 nitrogen and oxygen atoms in total. The molecular weight excluding hydrogens is 583 g/mol. The van der Waals surface area contributed by atoms with Crippen LogP contribution in [0.1, 0.15) is 19.8 Å². The molecule has 3 aromatic rings. The second-order valence-electron chi connectivity index (χ2n) is 10.5. The number of pyridine rings is 1. The van der Waals surface area contributed by atoms with Crippen molar-refractivity contribution in [2.45, 2.75) is 37.5 Å². The van der Waals surface area contributed by atoms with E-state index in [1.165, 1.54) is 20.3 Å². The number of amides is 1. The van der Waals surface area contributed by atoms with Crippen LogP contribution in [-0.2, 0) is 14.3 Å². The highest BCUT2D eigenvalue weighted by Gasteiger charge is 2.36. The van der Waals surface area contributed by atoms with E-state index < -0.39 is 0 Å². The van der Waals surface area contributed by atoms with Crippen LogP contribution >= 0.6 is 23.2 Å². The quantitative estimate of drug-likeness (QED) is 0.332. The first kappa shape index (κ1) is 30.1. The Bertz CT molecular complexity index is 1480. The highest BCUT2D eigenvalue weighted by Crippen LogP contribution is 2.46. The van der Waals surface area contributed by atoms with Gasteiger partial charge in [-0.1, -0.05) is 29.8 Å². The van der Waals surface area contributed by atoms with Crippen molar-refractivity contribution in [2.24, 2.45) is 0 Å². The average Bonchev–Trinajstić information content (AvgIpc) is 3.40. The first-order valence-electron chi connectivity index (χ1n) is 13.6. The third-order valence-electron chi connectivity index (χ3n) is 7.79. The summed E-state index contributed by atoms with van der Waals surface area (Å²) in [5.74, 6) is 1.61. The summed E-state index contributed by atoms with van der Waals surface area (Å²) in [7, 11) is 4.77. The number of halogens is 2. The third kappa shape index (κ3) is 5.92. The lowest BCUT2D eigenvalue weighted by molar-refractivity contribution is -0.117. The Labute approximate surface area is 254 Å². The van der Waals surface area contributed by atoms with Gasteiger partial charge in [-0.05, 0) is 31.9 Å². The number of aromatic nitrogens is 3. The summed E-state index contributed by atoms with van der Waals surface area (Å²) in [4.78, 5) is 28.7. The van der Waals surface area contributed by atoms with Crippen LogP contribution in [0.5, 0.6) is 11.5 Å². The van der Waals surface area contributed by atoms with Crippen molar-refractivity contribution in [1.82, 2.24) is 20.3 Å². The second kappa shape index (κ2) is 12.5. The van der Waals surface area contributed by atoms with Gasteiger partial charge in [0.1, 0.15) is 17.0 Å². The van der Waals surface area contributed by atoms with E-state index in [4.69, 9.17) is 52.1 Å². The number of methoxy groups -OCH3 is 3. The van der Waals surface area contributed by atoms with E-state index in [2.05, 4.69) is 34.0 Å². The molecule has 2 N–H and O–H groups in total. The Balaban J connectivity index is 1.61. The smallest absolute Gasteiger partial charge is 0.243 e. The fourth-order valence-electron chi connectivity index (χ4n) is 5.29. The topological polar surface area (TPSA) is 120 Å². The first-order valence-corrected chi connectivity index (χ1v) is 14.3. The number of hydrogen-bond donors (Lipinski definition) is 2. The number of benzene rings is 1. The number of fused-ring (bicyclic) bond motifs is 1. The molecule has 2 saturated heterocycles.